The summed E-state index contributed by atoms with van der Waals surface area (Å²) in [7, 11) is 0. The largest absolute Gasteiger partial charge is 0.391 e. The van der Waals surface area contributed by atoms with Gasteiger partial charge in [0.05, 0.1) is 13.1 Å². The molecule has 1 fully saturated rings. The van der Waals surface area contributed by atoms with E-state index in [2.05, 4.69) is 17.7 Å². The summed E-state index contributed by atoms with van der Waals surface area (Å²) in [5, 5.41) is 0. The molecule has 17 heavy (non-hydrogen) atoms. The average molecular weight is 233 g/mol. The van der Waals surface area contributed by atoms with Crippen LogP contribution < -0.4 is 0 Å². The van der Waals surface area contributed by atoms with Crippen LogP contribution in [0, 0.1) is 0 Å². The molecule has 4 nitrogen and oxygen atoms in total. The number of morpholine rings is 1. The Morgan fingerprint density at radius 1 is 1.12 bits per heavy atom. The van der Waals surface area contributed by atoms with Gasteiger partial charge >= 0.3 is 11.9 Å². The minimum Gasteiger partial charge on any atom is -0.391 e. The number of carbonyl (C=O) groups is 2. The maximum atomic E-state index is 11.1. The molecule has 4 heteroatoms. The third-order valence-corrected chi connectivity index (χ3v) is 2.83. The molecule has 0 unspecified atom stereocenters. The summed E-state index contributed by atoms with van der Waals surface area (Å²) in [6, 6.07) is 8.07. The van der Waals surface area contributed by atoms with Gasteiger partial charge in [0, 0.05) is 6.54 Å². The van der Waals surface area contributed by atoms with Crippen LogP contribution in [0.1, 0.15) is 18.1 Å². The van der Waals surface area contributed by atoms with Crippen LogP contribution >= 0.6 is 0 Å². The molecule has 1 heterocycles. The molecule has 0 aromatic heterocycles. The molecule has 0 bridgehead atoms. The first-order valence-electron chi connectivity index (χ1n) is 5.71. The van der Waals surface area contributed by atoms with Crippen molar-refractivity contribution < 1.29 is 14.3 Å². The molecule has 2 rings (SSSR count). The van der Waals surface area contributed by atoms with E-state index in [-0.39, 0.29) is 13.1 Å². The van der Waals surface area contributed by atoms with Crippen molar-refractivity contribution >= 4 is 11.9 Å². The van der Waals surface area contributed by atoms with Crippen LogP contribution in [0.5, 0.6) is 0 Å². The number of hydrogen-bond donors (Lipinski definition) is 0. The highest BCUT2D eigenvalue weighted by Gasteiger charge is 2.24. The first-order valence-corrected chi connectivity index (χ1v) is 5.71. The maximum absolute atomic E-state index is 11.1. The Morgan fingerprint density at radius 2 is 1.71 bits per heavy atom. The summed E-state index contributed by atoms with van der Waals surface area (Å²) in [5.41, 5.74) is 2.41. The Hall–Kier alpha value is -1.68. The lowest BCUT2D eigenvalue weighted by Gasteiger charge is -2.24. The number of aryl methyl sites for hydroxylation is 1. The van der Waals surface area contributed by atoms with E-state index in [1.165, 1.54) is 5.56 Å². The predicted octanol–water partition coefficient (Wildman–Crippen LogP) is 1.13. The minimum atomic E-state index is -0.463. The van der Waals surface area contributed by atoms with E-state index >= 15 is 0 Å². The Labute approximate surface area is 100 Å². The molecular formula is C13H15NO3. The monoisotopic (exact) mass is 233 g/mol. The number of carbonyl (C=O) groups excluding carboxylic acids is 2. The zero-order valence-electron chi connectivity index (χ0n) is 9.81. The molecule has 90 valence electrons. The van der Waals surface area contributed by atoms with Crippen LogP contribution in [0.4, 0.5) is 0 Å². The van der Waals surface area contributed by atoms with Gasteiger partial charge in [-0.2, -0.15) is 0 Å². The fourth-order valence-corrected chi connectivity index (χ4v) is 2.02. The average Bonchev–Trinajstić information content (AvgIpc) is 2.28. The molecule has 0 saturated carbocycles. The van der Waals surface area contributed by atoms with Crippen molar-refractivity contribution in [2.24, 2.45) is 0 Å². The fourth-order valence-electron chi connectivity index (χ4n) is 2.02. The molecule has 0 radical (unpaired) electrons. The molecular weight excluding hydrogens is 218 g/mol. The van der Waals surface area contributed by atoms with Gasteiger partial charge in [0.15, 0.2) is 0 Å². The highest BCUT2D eigenvalue weighted by Crippen LogP contribution is 2.13. The zero-order valence-corrected chi connectivity index (χ0v) is 9.81. The van der Waals surface area contributed by atoms with E-state index in [1.807, 2.05) is 23.1 Å². The number of cyclic esters (lactones) is 2. The normalized spacial score (nSPS) is 17.0. The van der Waals surface area contributed by atoms with Crippen molar-refractivity contribution in [2.75, 3.05) is 13.1 Å². The lowest BCUT2D eigenvalue weighted by Crippen LogP contribution is -2.42. The first-order chi connectivity index (χ1) is 8.19. The van der Waals surface area contributed by atoms with Crippen LogP contribution in [-0.4, -0.2) is 29.9 Å². The number of benzene rings is 1. The van der Waals surface area contributed by atoms with Crippen molar-refractivity contribution in [2.45, 2.75) is 19.9 Å². The highest BCUT2D eigenvalue weighted by atomic mass is 16.6. The zero-order chi connectivity index (χ0) is 12.3. The summed E-state index contributed by atoms with van der Waals surface area (Å²) in [6.07, 6.45) is 0.947. The SMILES string of the molecule is CCc1ccccc1CN1CC(=O)OC(=O)C1. The van der Waals surface area contributed by atoms with Gasteiger partial charge in [0.2, 0.25) is 0 Å². The summed E-state index contributed by atoms with van der Waals surface area (Å²) in [6.45, 7) is 3.08. The second-order valence-electron chi connectivity index (χ2n) is 4.11. The Morgan fingerprint density at radius 3 is 2.29 bits per heavy atom. The van der Waals surface area contributed by atoms with Gasteiger partial charge < -0.3 is 4.74 Å². The summed E-state index contributed by atoms with van der Waals surface area (Å²) < 4.78 is 4.49. The van der Waals surface area contributed by atoms with E-state index in [1.54, 1.807) is 0 Å². The third-order valence-electron chi connectivity index (χ3n) is 2.83. The molecule has 0 aliphatic carbocycles. The van der Waals surface area contributed by atoms with Gasteiger partial charge in [0.25, 0.3) is 0 Å². The van der Waals surface area contributed by atoms with Crippen molar-refractivity contribution in [3.63, 3.8) is 0 Å². The lowest BCUT2D eigenvalue weighted by molar-refractivity contribution is -0.167. The smallest absolute Gasteiger partial charge is 0.327 e. The first kappa shape index (κ1) is 11.8. The Kier molecular flexibility index (Phi) is 3.54. The molecule has 1 aromatic carbocycles. The number of hydrogen-bond acceptors (Lipinski definition) is 4. The van der Waals surface area contributed by atoms with E-state index in [0.717, 1.165) is 12.0 Å². The quantitative estimate of drug-likeness (QED) is 0.580. The van der Waals surface area contributed by atoms with Gasteiger partial charge in [-0.05, 0) is 17.5 Å². The van der Waals surface area contributed by atoms with Crippen LogP contribution in [-0.2, 0) is 27.3 Å². The predicted molar refractivity (Wildman–Crippen MR) is 62.2 cm³/mol. The van der Waals surface area contributed by atoms with Crippen molar-refractivity contribution in [1.82, 2.24) is 4.90 Å². The molecule has 0 amide bonds. The van der Waals surface area contributed by atoms with Crippen molar-refractivity contribution in [3.05, 3.63) is 35.4 Å². The Bertz CT molecular complexity index is 426. The molecule has 1 aliphatic rings. The van der Waals surface area contributed by atoms with Crippen LogP contribution in [0.3, 0.4) is 0 Å². The van der Waals surface area contributed by atoms with Gasteiger partial charge in [-0.3, -0.25) is 14.5 Å². The fraction of sp³-hybridized carbons (Fsp3) is 0.385. The Balaban J connectivity index is 2.09. The number of esters is 2. The van der Waals surface area contributed by atoms with E-state index in [0.29, 0.717) is 6.54 Å². The highest BCUT2D eigenvalue weighted by molar-refractivity contribution is 5.90. The van der Waals surface area contributed by atoms with Crippen LogP contribution in [0.15, 0.2) is 24.3 Å². The second-order valence-corrected chi connectivity index (χ2v) is 4.11. The molecule has 1 aromatic rings. The third kappa shape index (κ3) is 2.91. The van der Waals surface area contributed by atoms with Crippen LogP contribution in [0.25, 0.3) is 0 Å². The molecule has 0 spiro atoms. The van der Waals surface area contributed by atoms with E-state index in [4.69, 9.17) is 0 Å². The molecule has 1 saturated heterocycles. The summed E-state index contributed by atoms with van der Waals surface area (Å²) in [5.74, 6) is -0.926. The number of nitrogens with zero attached hydrogens (tertiary/aromatic N) is 1. The maximum Gasteiger partial charge on any atom is 0.327 e. The van der Waals surface area contributed by atoms with E-state index in [9.17, 15) is 9.59 Å². The number of rotatable bonds is 3. The lowest BCUT2D eigenvalue weighted by atomic mass is 10.0. The van der Waals surface area contributed by atoms with Crippen LogP contribution in [0.2, 0.25) is 0 Å². The molecule has 0 atom stereocenters. The van der Waals surface area contributed by atoms with Crippen molar-refractivity contribution in [1.29, 1.82) is 0 Å². The molecule has 1 aliphatic heterocycles. The minimum absolute atomic E-state index is 0.184. The summed E-state index contributed by atoms with van der Waals surface area (Å²) in [4.78, 5) is 24.1. The molecule has 0 N–H and O–H groups in total. The van der Waals surface area contributed by atoms with Crippen molar-refractivity contribution in [3.8, 4) is 0 Å². The number of ether oxygens (including phenoxy) is 1. The summed E-state index contributed by atoms with van der Waals surface area (Å²) >= 11 is 0. The van der Waals surface area contributed by atoms with E-state index < -0.39 is 11.9 Å². The van der Waals surface area contributed by atoms with Gasteiger partial charge in [-0.15, -0.1) is 0 Å². The van der Waals surface area contributed by atoms with Gasteiger partial charge in [-0.1, -0.05) is 31.2 Å². The standard InChI is InChI=1S/C13H15NO3/c1-2-10-5-3-4-6-11(10)7-14-8-12(15)17-13(16)9-14/h3-6H,2,7-9H2,1H3. The second kappa shape index (κ2) is 5.10. The van der Waals surface area contributed by atoms with Gasteiger partial charge in [-0.25, -0.2) is 0 Å². The van der Waals surface area contributed by atoms with Gasteiger partial charge in [0.1, 0.15) is 0 Å². The topological polar surface area (TPSA) is 46.6 Å².